The number of hydrogen-bond donors (Lipinski definition) is 2. The Balaban J connectivity index is 2.52. The van der Waals surface area contributed by atoms with Crippen LogP contribution in [0.3, 0.4) is 0 Å². The van der Waals surface area contributed by atoms with Crippen molar-refractivity contribution in [2.75, 3.05) is 12.4 Å². The van der Waals surface area contributed by atoms with E-state index in [-0.39, 0.29) is 12.4 Å². The smallest absolute Gasteiger partial charge is 0.212 e. The SMILES string of the molecule is Cc1cnc(C(C)NS(=O)(=O)CCCCO)o1. The molecule has 0 radical (unpaired) electrons. The first kappa shape index (κ1) is 14.1. The van der Waals surface area contributed by atoms with Gasteiger partial charge in [0.1, 0.15) is 5.76 Å². The molecule has 1 heterocycles. The molecule has 7 heteroatoms. The second kappa shape index (κ2) is 6.13. The number of aliphatic hydroxyl groups is 1. The topological polar surface area (TPSA) is 92.4 Å². The molecule has 0 saturated heterocycles. The van der Waals surface area contributed by atoms with Crippen molar-refractivity contribution >= 4 is 10.0 Å². The molecule has 1 atom stereocenters. The lowest BCUT2D eigenvalue weighted by Crippen LogP contribution is -2.29. The van der Waals surface area contributed by atoms with E-state index in [1.807, 2.05) is 0 Å². The summed E-state index contributed by atoms with van der Waals surface area (Å²) in [4.78, 5) is 3.96. The van der Waals surface area contributed by atoms with Crippen LogP contribution in [-0.2, 0) is 10.0 Å². The fourth-order valence-electron chi connectivity index (χ4n) is 1.35. The summed E-state index contributed by atoms with van der Waals surface area (Å²) in [6.07, 6.45) is 2.46. The summed E-state index contributed by atoms with van der Waals surface area (Å²) in [5.74, 6) is 0.997. The molecule has 0 fully saturated rings. The van der Waals surface area contributed by atoms with Gasteiger partial charge in [-0.2, -0.15) is 0 Å². The average molecular weight is 262 g/mol. The van der Waals surface area contributed by atoms with E-state index in [4.69, 9.17) is 9.52 Å². The Labute approximate surface area is 101 Å². The van der Waals surface area contributed by atoms with E-state index in [2.05, 4.69) is 9.71 Å². The molecule has 17 heavy (non-hydrogen) atoms. The van der Waals surface area contributed by atoms with Gasteiger partial charge in [0.15, 0.2) is 0 Å². The van der Waals surface area contributed by atoms with Crippen LogP contribution in [0.15, 0.2) is 10.6 Å². The lowest BCUT2D eigenvalue weighted by molar-refractivity contribution is 0.287. The van der Waals surface area contributed by atoms with Crippen molar-refractivity contribution in [1.82, 2.24) is 9.71 Å². The molecule has 0 aliphatic rings. The van der Waals surface area contributed by atoms with Crippen LogP contribution in [0.2, 0.25) is 0 Å². The molecule has 98 valence electrons. The Morgan fingerprint density at radius 1 is 1.53 bits per heavy atom. The first-order chi connectivity index (χ1) is 7.94. The maximum Gasteiger partial charge on any atom is 0.212 e. The van der Waals surface area contributed by atoms with Gasteiger partial charge in [-0.15, -0.1) is 0 Å². The Kier molecular flexibility index (Phi) is 5.10. The van der Waals surface area contributed by atoms with Crippen molar-refractivity contribution in [3.63, 3.8) is 0 Å². The van der Waals surface area contributed by atoms with Crippen molar-refractivity contribution < 1.29 is 17.9 Å². The Morgan fingerprint density at radius 3 is 2.76 bits per heavy atom. The second-order valence-electron chi connectivity index (χ2n) is 3.90. The number of rotatable bonds is 7. The summed E-state index contributed by atoms with van der Waals surface area (Å²) in [6, 6.07) is -0.483. The van der Waals surface area contributed by atoms with Crippen LogP contribution >= 0.6 is 0 Å². The minimum atomic E-state index is -3.35. The summed E-state index contributed by atoms with van der Waals surface area (Å²) in [7, 11) is -3.35. The van der Waals surface area contributed by atoms with Gasteiger partial charge in [0.25, 0.3) is 0 Å². The molecule has 0 amide bonds. The Bertz CT molecular complexity index is 441. The fraction of sp³-hybridized carbons (Fsp3) is 0.700. The fourth-order valence-corrected chi connectivity index (χ4v) is 2.70. The van der Waals surface area contributed by atoms with Gasteiger partial charge in [-0.25, -0.2) is 18.1 Å². The third-order valence-corrected chi connectivity index (χ3v) is 3.73. The number of unbranched alkanes of at least 4 members (excludes halogenated alkanes) is 1. The number of aryl methyl sites for hydroxylation is 1. The highest BCUT2D eigenvalue weighted by Gasteiger charge is 2.18. The van der Waals surface area contributed by atoms with Crippen molar-refractivity contribution in [3.8, 4) is 0 Å². The second-order valence-corrected chi connectivity index (χ2v) is 5.77. The zero-order valence-electron chi connectivity index (χ0n) is 10.0. The molecule has 0 bridgehead atoms. The van der Waals surface area contributed by atoms with Crippen LogP contribution in [0.1, 0.15) is 37.5 Å². The average Bonchev–Trinajstić information content (AvgIpc) is 2.64. The molecule has 0 aliphatic heterocycles. The molecule has 1 aromatic heterocycles. The van der Waals surface area contributed by atoms with Crippen LogP contribution in [-0.4, -0.2) is 30.9 Å². The molecular weight excluding hydrogens is 244 g/mol. The number of nitrogens with one attached hydrogen (secondary N) is 1. The largest absolute Gasteiger partial charge is 0.444 e. The maximum absolute atomic E-state index is 11.6. The summed E-state index contributed by atoms with van der Waals surface area (Å²) in [5, 5.41) is 8.59. The summed E-state index contributed by atoms with van der Waals surface area (Å²) in [5.41, 5.74) is 0. The first-order valence-corrected chi connectivity index (χ1v) is 7.13. The zero-order chi connectivity index (χ0) is 12.9. The van der Waals surface area contributed by atoms with Gasteiger partial charge in [0.2, 0.25) is 15.9 Å². The summed E-state index contributed by atoms with van der Waals surface area (Å²) < 4.78 is 31.0. The number of nitrogens with zero attached hydrogens (tertiary/aromatic N) is 1. The number of aromatic nitrogens is 1. The van der Waals surface area contributed by atoms with E-state index >= 15 is 0 Å². The molecule has 0 aromatic carbocycles. The van der Waals surface area contributed by atoms with Crippen LogP contribution in [0.5, 0.6) is 0 Å². The lowest BCUT2D eigenvalue weighted by Gasteiger charge is -2.10. The third-order valence-electron chi connectivity index (χ3n) is 2.19. The molecule has 0 saturated carbocycles. The quantitative estimate of drug-likeness (QED) is 0.707. The van der Waals surface area contributed by atoms with Crippen molar-refractivity contribution in [3.05, 3.63) is 17.8 Å². The molecule has 1 aromatic rings. The van der Waals surface area contributed by atoms with Gasteiger partial charge in [-0.3, -0.25) is 0 Å². The van der Waals surface area contributed by atoms with Crippen LogP contribution < -0.4 is 4.72 Å². The Hall–Kier alpha value is -0.920. The van der Waals surface area contributed by atoms with E-state index in [0.29, 0.717) is 24.5 Å². The molecule has 1 rings (SSSR count). The van der Waals surface area contributed by atoms with E-state index in [1.54, 1.807) is 20.0 Å². The maximum atomic E-state index is 11.6. The van der Waals surface area contributed by atoms with Crippen LogP contribution in [0, 0.1) is 6.92 Å². The van der Waals surface area contributed by atoms with Crippen molar-refractivity contribution in [1.29, 1.82) is 0 Å². The monoisotopic (exact) mass is 262 g/mol. The Morgan fingerprint density at radius 2 is 2.24 bits per heavy atom. The van der Waals surface area contributed by atoms with Gasteiger partial charge >= 0.3 is 0 Å². The van der Waals surface area contributed by atoms with Gasteiger partial charge < -0.3 is 9.52 Å². The molecular formula is C10H18N2O4S. The lowest BCUT2D eigenvalue weighted by atomic mass is 10.4. The van der Waals surface area contributed by atoms with Gasteiger partial charge in [0, 0.05) is 6.61 Å². The van der Waals surface area contributed by atoms with E-state index in [0.717, 1.165) is 0 Å². The highest BCUT2D eigenvalue weighted by molar-refractivity contribution is 7.89. The number of sulfonamides is 1. The number of hydrogen-bond acceptors (Lipinski definition) is 5. The molecule has 6 nitrogen and oxygen atoms in total. The normalized spacial score (nSPS) is 13.8. The standard InChI is InChI=1S/C10H18N2O4S/c1-8-7-11-10(16-8)9(2)12-17(14,15)6-4-3-5-13/h7,9,12-13H,3-6H2,1-2H3. The minimum Gasteiger partial charge on any atom is -0.444 e. The summed E-state index contributed by atoms with van der Waals surface area (Å²) >= 11 is 0. The van der Waals surface area contributed by atoms with Crippen LogP contribution in [0.4, 0.5) is 0 Å². The third kappa shape index (κ3) is 4.84. The van der Waals surface area contributed by atoms with Crippen LogP contribution in [0.25, 0.3) is 0 Å². The van der Waals surface area contributed by atoms with Gasteiger partial charge in [-0.05, 0) is 26.7 Å². The molecule has 0 spiro atoms. The zero-order valence-corrected chi connectivity index (χ0v) is 10.8. The highest BCUT2D eigenvalue weighted by Crippen LogP contribution is 2.13. The van der Waals surface area contributed by atoms with E-state index in [1.165, 1.54) is 0 Å². The van der Waals surface area contributed by atoms with E-state index < -0.39 is 16.1 Å². The number of aliphatic hydroxyl groups excluding tert-OH is 1. The summed E-state index contributed by atoms with van der Waals surface area (Å²) in [6.45, 7) is 3.43. The number of oxazole rings is 1. The van der Waals surface area contributed by atoms with Gasteiger partial charge in [0.05, 0.1) is 18.0 Å². The molecule has 2 N–H and O–H groups in total. The van der Waals surface area contributed by atoms with Crippen molar-refractivity contribution in [2.24, 2.45) is 0 Å². The molecule has 1 unspecified atom stereocenters. The van der Waals surface area contributed by atoms with Gasteiger partial charge in [-0.1, -0.05) is 0 Å². The predicted octanol–water partition coefficient (Wildman–Crippen LogP) is 0.736. The van der Waals surface area contributed by atoms with E-state index in [9.17, 15) is 8.42 Å². The predicted molar refractivity (Wildman–Crippen MR) is 62.9 cm³/mol. The minimum absolute atomic E-state index is 0.00239. The first-order valence-electron chi connectivity index (χ1n) is 5.48. The molecule has 0 aliphatic carbocycles. The highest BCUT2D eigenvalue weighted by atomic mass is 32.2. The van der Waals surface area contributed by atoms with Crippen molar-refractivity contribution in [2.45, 2.75) is 32.7 Å².